The summed E-state index contributed by atoms with van der Waals surface area (Å²) in [5.41, 5.74) is 5.33. The Morgan fingerprint density at radius 1 is 1.40 bits per heavy atom. The van der Waals surface area contributed by atoms with Crippen molar-refractivity contribution in [3.8, 4) is 0 Å². The smallest absolute Gasteiger partial charge is 0.291 e. The number of aromatic nitrogens is 3. The standard InChI is InChI=1S/C12H20N6O2/c1-17-6-7-20-12(8-17)2-4-18(5-3-12)10(19)9-14-11(13)16-15-9/h2-8H2,1H3,(H3,13,14,15,16). The molecular weight excluding hydrogens is 260 g/mol. The number of rotatable bonds is 1. The predicted octanol–water partition coefficient (Wildman–Crippen LogP) is -0.676. The number of hydrogen-bond donors (Lipinski definition) is 2. The molecule has 0 aromatic carbocycles. The summed E-state index contributed by atoms with van der Waals surface area (Å²) in [6.07, 6.45) is 1.71. The van der Waals surface area contributed by atoms with Crippen molar-refractivity contribution >= 4 is 11.9 Å². The lowest BCUT2D eigenvalue weighted by molar-refractivity contribution is -0.127. The predicted molar refractivity (Wildman–Crippen MR) is 72.1 cm³/mol. The Labute approximate surface area is 117 Å². The Morgan fingerprint density at radius 2 is 2.15 bits per heavy atom. The van der Waals surface area contributed by atoms with E-state index in [2.05, 4.69) is 27.1 Å². The van der Waals surface area contributed by atoms with Gasteiger partial charge < -0.3 is 20.3 Å². The van der Waals surface area contributed by atoms with Crippen molar-refractivity contribution in [3.63, 3.8) is 0 Å². The third kappa shape index (κ3) is 2.48. The maximum atomic E-state index is 12.2. The summed E-state index contributed by atoms with van der Waals surface area (Å²) >= 11 is 0. The lowest BCUT2D eigenvalue weighted by atomic mass is 9.89. The molecule has 2 saturated heterocycles. The van der Waals surface area contributed by atoms with Gasteiger partial charge in [-0.05, 0) is 19.9 Å². The highest BCUT2D eigenvalue weighted by Gasteiger charge is 2.40. The molecule has 8 heteroatoms. The van der Waals surface area contributed by atoms with Crippen LogP contribution in [-0.4, -0.2) is 76.3 Å². The summed E-state index contributed by atoms with van der Waals surface area (Å²) in [5.74, 6) is 0.160. The Morgan fingerprint density at radius 3 is 2.75 bits per heavy atom. The monoisotopic (exact) mass is 280 g/mol. The molecular formula is C12H20N6O2. The number of likely N-dealkylation sites (tertiary alicyclic amines) is 1. The number of anilines is 1. The average molecular weight is 280 g/mol. The van der Waals surface area contributed by atoms with Gasteiger partial charge in [0.25, 0.3) is 5.91 Å². The van der Waals surface area contributed by atoms with Crippen molar-refractivity contribution in [2.45, 2.75) is 18.4 Å². The highest BCUT2D eigenvalue weighted by atomic mass is 16.5. The first-order valence-corrected chi connectivity index (χ1v) is 6.88. The topological polar surface area (TPSA) is 100 Å². The molecule has 0 bridgehead atoms. The van der Waals surface area contributed by atoms with Gasteiger partial charge in [-0.2, -0.15) is 4.98 Å². The molecule has 1 spiro atoms. The minimum Gasteiger partial charge on any atom is -0.372 e. The summed E-state index contributed by atoms with van der Waals surface area (Å²) in [4.78, 5) is 20.2. The number of hydrogen-bond acceptors (Lipinski definition) is 6. The van der Waals surface area contributed by atoms with Crippen molar-refractivity contribution in [2.75, 3.05) is 45.6 Å². The number of ether oxygens (including phenoxy) is 1. The molecule has 2 fully saturated rings. The molecule has 2 aliphatic heterocycles. The second kappa shape index (κ2) is 5.02. The first-order chi connectivity index (χ1) is 9.58. The van der Waals surface area contributed by atoms with Gasteiger partial charge in [-0.15, -0.1) is 5.10 Å². The molecule has 20 heavy (non-hydrogen) atoms. The highest BCUT2D eigenvalue weighted by molar-refractivity contribution is 5.90. The minimum absolute atomic E-state index is 0.0930. The van der Waals surface area contributed by atoms with Crippen LogP contribution >= 0.6 is 0 Å². The minimum atomic E-state index is -0.145. The Bertz CT molecular complexity index is 494. The number of nitrogen functional groups attached to an aromatic ring is 1. The summed E-state index contributed by atoms with van der Waals surface area (Å²) in [6.45, 7) is 4.02. The van der Waals surface area contributed by atoms with Gasteiger partial charge >= 0.3 is 0 Å². The zero-order valence-corrected chi connectivity index (χ0v) is 11.6. The van der Waals surface area contributed by atoms with Gasteiger partial charge in [-0.3, -0.25) is 9.89 Å². The second-order valence-electron chi connectivity index (χ2n) is 5.60. The van der Waals surface area contributed by atoms with E-state index in [4.69, 9.17) is 10.5 Å². The van der Waals surface area contributed by atoms with Crippen LogP contribution in [0.3, 0.4) is 0 Å². The van der Waals surface area contributed by atoms with Crippen molar-refractivity contribution in [1.29, 1.82) is 0 Å². The van der Waals surface area contributed by atoms with Crippen LogP contribution in [0.15, 0.2) is 0 Å². The first kappa shape index (κ1) is 13.3. The number of aromatic amines is 1. The highest BCUT2D eigenvalue weighted by Crippen LogP contribution is 2.30. The van der Waals surface area contributed by atoms with E-state index < -0.39 is 0 Å². The van der Waals surface area contributed by atoms with Crippen LogP contribution in [0.4, 0.5) is 5.95 Å². The van der Waals surface area contributed by atoms with E-state index in [0.717, 1.165) is 32.5 Å². The van der Waals surface area contributed by atoms with Crippen LogP contribution in [0.1, 0.15) is 23.5 Å². The lowest BCUT2D eigenvalue weighted by Gasteiger charge is -2.46. The van der Waals surface area contributed by atoms with E-state index in [9.17, 15) is 4.79 Å². The van der Waals surface area contributed by atoms with Gasteiger partial charge in [0.15, 0.2) is 0 Å². The van der Waals surface area contributed by atoms with E-state index in [1.165, 1.54) is 0 Å². The van der Waals surface area contributed by atoms with Crippen LogP contribution < -0.4 is 5.73 Å². The van der Waals surface area contributed by atoms with Gasteiger partial charge in [-0.1, -0.05) is 0 Å². The van der Waals surface area contributed by atoms with Gasteiger partial charge in [0.05, 0.1) is 12.2 Å². The van der Waals surface area contributed by atoms with Crippen molar-refractivity contribution in [3.05, 3.63) is 5.82 Å². The van der Waals surface area contributed by atoms with E-state index in [1.54, 1.807) is 4.90 Å². The molecule has 3 heterocycles. The largest absolute Gasteiger partial charge is 0.372 e. The van der Waals surface area contributed by atoms with E-state index >= 15 is 0 Å². The average Bonchev–Trinajstić information content (AvgIpc) is 2.85. The summed E-state index contributed by atoms with van der Waals surface area (Å²) < 4.78 is 5.98. The number of amides is 1. The van der Waals surface area contributed by atoms with Gasteiger partial charge in [0, 0.05) is 26.2 Å². The molecule has 3 rings (SSSR count). The molecule has 1 aromatic heterocycles. The van der Waals surface area contributed by atoms with Crippen LogP contribution in [0.25, 0.3) is 0 Å². The molecule has 0 saturated carbocycles. The van der Waals surface area contributed by atoms with E-state index in [-0.39, 0.29) is 23.3 Å². The molecule has 8 nitrogen and oxygen atoms in total. The molecule has 110 valence electrons. The lowest BCUT2D eigenvalue weighted by Crippen LogP contribution is -2.56. The van der Waals surface area contributed by atoms with Gasteiger partial charge in [-0.25, -0.2) is 0 Å². The summed E-state index contributed by atoms with van der Waals surface area (Å²) in [5, 5.41) is 6.25. The van der Waals surface area contributed by atoms with Crippen LogP contribution in [0.2, 0.25) is 0 Å². The summed E-state index contributed by atoms with van der Waals surface area (Å²) in [7, 11) is 2.11. The quantitative estimate of drug-likeness (QED) is 0.707. The third-order valence-electron chi connectivity index (χ3n) is 4.11. The maximum absolute atomic E-state index is 12.2. The molecule has 1 amide bonds. The Kier molecular flexibility index (Phi) is 3.35. The number of nitrogens with two attached hydrogens (primary N) is 1. The molecule has 0 unspecified atom stereocenters. The fraction of sp³-hybridized carbons (Fsp3) is 0.750. The number of piperidine rings is 1. The number of carbonyl (C=O) groups is 1. The zero-order valence-electron chi connectivity index (χ0n) is 11.6. The number of nitrogens with one attached hydrogen (secondary N) is 1. The van der Waals surface area contributed by atoms with Crippen LogP contribution in [0, 0.1) is 0 Å². The van der Waals surface area contributed by atoms with E-state index in [1.807, 2.05) is 0 Å². The van der Waals surface area contributed by atoms with Crippen molar-refractivity contribution in [2.24, 2.45) is 0 Å². The number of morpholine rings is 1. The van der Waals surface area contributed by atoms with Gasteiger partial charge in [0.1, 0.15) is 0 Å². The first-order valence-electron chi connectivity index (χ1n) is 6.88. The molecule has 0 aliphatic carbocycles. The van der Waals surface area contributed by atoms with Crippen LogP contribution in [-0.2, 0) is 4.74 Å². The molecule has 0 radical (unpaired) electrons. The maximum Gasteiger partial charge on any atom is 0.291 e. The Balaban J connectivity index is 1.62. The fourth-order valence-corrected chi connectivity index (χ4v) is 2.97. The summed E-state index contributed by atoms with van der Waals surface area (Å²) in [6, 6.07) is 0. The number of nitrogens with zero attached hydrogens (tertiary/aromatic N) is 4. The SMILES string of the molecule is CN1CCOC2(CCN(C(=O)c3nc(N)n[nH]3)CC2)C1. The second-order valence-corrected chi connectivity index (χ2v) is 5.60. The number of carbonyl (C=O) groups excluding carboxylic acids is 1. The fourth-order valence-electron chi connectivity index (χ4n) is 2.97. The Hall–Kier alpha value is -1.67. The molecule has 1 aromatic rings. The number of likely N-dealkylation sites (N-methyl/N-ethyl adjacent to an activating group) is 1. The molecule has 2 aliphatic rings. The van der Waals surface area contributed by atoms with Crippen LogP contribution in [0.5, 0.6) is 0 Å². The van der Waals surface area contributed by atoms with Gasteiger partial charge in [0.2, 0.25) is 11.8 Å². The van der Waals surface area contributed by atoms with Crippen molar-refractivity contribution < 1.29 is 9.53 Å². The molecule has 3 N–H and O–H groups in total. The molecule has 0 atom stereocenters. The van der Waals surface area contributed by atoms with Crippen molar-refractivity contribution in [1.82, 2.24) is 25.0 Å². The van der Waals surface area contributed by atoms with E-state index in [0.29, 0.717) is 13.1 Å². The zero-order chi connectivity index (χ0) is 14.2. The number of H-pyrrole nitrogens is 1. The normalized spacial score (nSPS) is 23.1. The third-order valence-corrected chi connectivity index (χ3v) is 4.11.